The summed E-state index contributed by atoms with van der Waals surface area (Å²) in [6.07, 6.45) is 0. The van der Waals surface area contributed by atoms with Gasteiger partial charge in [0.25, 0.3) is 0 Å². The van der Waals surface area contributed by atoms with Gasteiger partial charge >= 0.3 is 0 Å². The van der Waals surface area contributed by atoms with E-state index in [1.807, 2.05) is 6.07 Å². The van der Waals surface area contributed by atoms with E-state index in [-0.39, 0.29) is 0 Å². The third-order valence-corrected chi connectivity index (χ3v) is 2.19. The van der Waals surface area contributed by atoms with Crippen LogP contribution in [0.4, 0.5) is 0 Å². The Labute approximate surface area is 73.4 Å². The van der Waals surface area contributed by atoms with Crippen molar-refractivity contribution in [2.45, 2.75) is 6.92 Å². The molecule has 54 valence electrons. The van der Waals surface area contributed by atoms with E-state index in [2.05, 4.69) is 15.9 Å². The number of methoxy groups -OCH3 is 1. The summed E-state index contributed by atoms with van der Waals surface area (Å²) in [4.78, 5) is 0. The molecule has 1 nitrogen and oxygen atoms in total. The van der Waals surface area contributed by atoms with Gasteiger partial charge in [-0.3, -0.25) is 0 Å². The van der Waals surface area contributed by atoms with Crippen LogP contribution in [0, 0.1) is 6.92 Å². The highest BCUT2D eigenvalue weighted by atomic mass is 79.9. The van der Waals surface area contributed by atoms with Crippen LogP contribution in [0.25, 0.3) is 0 Å². The second-order valence-electron chi connectivity index (χ2n) is 1.97. The molecular weight excluding hydrogens is 192 g/mol. The molecule has 1 rings (SSSR count). The molecule has 0 aliphatic carbocycles. The number of benzene rings is 1. The number of ether oxygens (including phenoxy) is 1. The van der Waals surface area contributed by atoms with Gasteiger partial charge in [0.2, 0.25) is 0 Å². The van der Waals surface area contributed by atoms with E-state index in [9.17, 15) is 0 Å². The smallest absolute Gasteiger partial charge is 0.122 e. The van der Waals surface area contributed by atoms with E-state index in [0.29, 0.717) is 5.75 Å². The van der Waals surface area contributed by atoms with Crippen molar-refractivity contribution in [3.05, 3.63) is 28.2 Å². The summed E-state index contributed by atoms with van der Waals surface area (Å²) in [5.41, 5.74) is 0.790. The Balaban J connectivity index is 2.96. The fourth-order valence-electron chi connectivity index (χ4n) is 0.698. The molecular formula is C8H9BrO. The highest BCUT2D eigenvalue weighted by Crippen LogP contribution is 2.24. The van der Waals surface area contributed by atoms with E-state index < -0.39 is 7.04 Å². The zero-order valence-corrected chi connectivity index (χ0v) is 7.10. The molecule has 0 fully saturated rings. The molecule has 0 saturated heterocycles. The fourth-order valence-corrected chi connectivity index (χ4v) is 1.05. The van der Waals surface area contributed by atoms with E-state index in [4.69, 9.17) is 8.85 Å². The van der Waals surface area contributed by atoms with E-state index in [1.165, 1.54) is 0 Å². The summed E-state index contributed by atoms with van der Waals surface area (Å²) in [6.45, 7) is 1.80. The molecule has 2 heteroatoms. The van der Waals surface area contributed by atoms with Crippen LogP contribution in [0.1, 0.15) is 9.68 Å². The Hall–Kier alpha value is -0.500. The molecule has 0 unspecified atom stereocenters. The molecule has 0 saturated carbocycles. The van der Waals surface area contributed by atoms with Crippen molar-refractivity contribution in [1.82, 2.24) is 0 Å². The first kappa shape index (κ1) is 4.39. The van der Waals surface area contributed by atoms with Gasteiger partial charge in [-0.1, -0.05) is 22.0 Å². The third-order valence-electron chi connectivity index (χ3n) is 1.33. The van der Waals surface area contributed by atoms with Crippen molar-refractivity contribution in [3.63, 3.8) is 0 Å². The lowest BCUT2D eigenvalue weighted by Gasteiger charge is -2.04. The second-order valence-corrected chi connectivity index (χ2v) is 2.82. The van der Waals surface area contributed by atoms with E-state index in [0.717, 1.165) is 10.0 Å². The molecule has 0 heterocycles. The third kappa shape index (κ3) is 1.32. The fraction of sp³-hybridized carbons (Fsp3) is 0.250. The molecule has 0 atom stereocenters. The molecule has 0 spiro atoms. The summed E-state index contributed by atoms with van der Waals surface area (Å²) >= 11 is 3.29. The first-order chi connectivity index (χ1) is 5.90. The van der Waals surface area contributed by atoms with E-state index in [1.54, 1.807) is 19.1 Å². The summed E-state index contributed by atoms with van der Waals surface area (Å²) in [5.74, 6) is 0.384. The molecule has 0 bridgehead atoms. The van der Waals surface area contributed by atoms with Gasteiger partial charge < -0.3 is 4.74 Å². The molecule has 0 aromatic heterocycles. The molecule has 1 aromatic carbocycles. The van der Waals surface area contributed by atoms with Gasteiger partial charge in [0, 0.05) is 10.0 Å². The predicted molar refractivity (Wildman–Crippen MR) is 45.4 cm³/mol. The minimum Gasteiger partial charge on any atom is -0.496 e. The molecule has 0 radical (unpaired) electrons. The average molecular weight is 204 g/mol. The van der Waals surface area contributed by atoms with Gasteiger partial charge in [-0.25, -0.2) is 0 Å². The van der Waals surface area contributed by atoms with Crippen LogP contribution in [0.5, 0.6) is 5.75 Å². The van der Waals surface area contributed by atoms with Crippen molar-refractivity contribution < 1.29 is 8.85 Å². The largest absolute Gasteiger partial charge is 0.496 e. The lowest BCUT2D eigenvalue weighted by atomic mass is 10.2. The summed E-state index contributed by atoms with van der Waals surface area (Å²) < 4.78 is 26.4. The molecule has 0 aliphatic rings. The Bertz CT molecular complexity index is 309. The van der Waals surface area contributed by atoms with Crippen LogP contribution >= 0.6 is 15.9 Å². The lowest BCUT2D eigenvalue weighted by molar-refractivity contribution is 0.411. The maximum atomic E-state index is 6.93. The van der Waals surface area contributed by atoms with E-state index >= 15 is 0 Å². The van der Waals surface area contributed by atoms with Crippen LogP contribution < -0.4 is 4.74 Å². The van der Waals surface area contributed by atoms with Crippen molar-refractivity contribution in [2.75, 3.05) is 7.04 Å². The second kappa shape index (κ2) is 3.06. The highest BCUT2D eigenvalue weighted by molar-refractivity contribution is 9.10. The zero-order valence-electron chi connectivity index (χ0n) is 8.52. The Morgan fingerprint density at radius 2 is 2.40 bits per heavy atom. The Morgan fingerprint density at radius 1 is 1.60 bits per heavy atom. The molecule has 0 aliphatic heterocycles. The van der Waals surface area contributed by atoms with Crippen LogP contribution in [-0.4, -0.2) is 7.04 Å². The SMILES string of the molecule is [2H]C([2H])([2H])Oc1cccc(Br)c1C. The monoisotopic (exact) mass is 203 g/mol. The van der Waals surface area contributed by atoms with Crippen LogP contribution in [0.15, 0.2) is 22.7 Å². The van der Waals surface area contributed by atoms with Crippen molar-refractivity contribution in [3.8, 4) is 5.75 Å². The first-order valence-electron chi connectivity index (χ1n) is 4.34. The van der Waals surface area contributed by atoms with Gasteiger partial charge in [0.15, 0.2) is 0 Å². The summed E-state index contributed by atoms with van der Waals surface area (Å²) in [5, 5.41) is 0. The van der Waals surface area contributed by atoms with Crippen LogP contribution in [0.3, 0.4) is 0 Å². The van der Waals surface area contributed by atoms with Crippen LogP contribution in [-0.2, 0) is 0 Å². The van der Waals surface area contributed by atoms with Gasteiger partial charge in [0.1, 0.15) is 5.75 Å². The van der Waals surface area contributed by atoms with Gasteiger partial charge in [-0.05, 0) is 19.1 Å². The quantitative estimate of drug-likeness (QED) is 0.683. The Kier molecular flexibility index (Phi) is 1.34. The average Bonchev–Trinajstić information content (AvgIpc) is 1.96. The van der Waals surface area contributed by atoms with Gasteiger partial charge in [-0.2, -0.15) is 0 Å². The van der Waals surface area contributed by atoms with Gasteiger partial charge in [0.05, 0.1) is 11.2 Å². The summed E-state index contributed by atoms with van der Waals surface area (Å²) in [6, 6.07) is 5.20. The molecule has 10 heavy (non-hydrogen) atoms. The predicted octanol–water partition coefficient (Wildman–Crippen LogP) is 2.77. The maximum absolute atomic E-state index is 6.93. The maximum Gasteiger partial charge on any atom is 0.122 e. The number of rotatable bonds is 1. The minimum atomic E-state index is -2.38. The normalized spacial score (nSPS) is 15.2. The Morgan fingerprint density at radius 3 is 3.10 bits per heavy atom. The number of hydrogen-bond acceptors (Lipinski definition) is 1. The number of hydrogen-bond donors (Lipinski definition) is 0. The molecule has 0 amide bonds. The minimum absolute atomic E-state index is 0.384. The zero-order chi connectivity index (χ0) is 10.1. The standard InChI is InChI=1S/C8H9BrO/c1-6-7(9)4-3-5-8(6)10-2/h3-5H,1-2H3/i2D3. The molecule has 1 aromatic rings. The summed E-state index contributed by atoms with van der Waals surface area (Å²) in [7, 11) is -2.38. The topological polar surface area (TPSA) is 9.23 Å². The van der Waals surface area contributed by atoms with Crippen molar-refractivity contribution in [1.29, 1.82) is 0 Å². The number of halogens is 1. The van der Waals surface area contributed by atoms with Gasteiger partial charge in [-0.15, -0.1) is 0 Å². The first-order valence-corrected chi connectivity index (χ1v) is 3.63. The van der Waals surface area contributed by atoms with Crippen molar-refractivity contribution in [2.24, 2.45) is 0 Å². The lowest BCUT2D eigenvalue weighted by Crippen LogP contribution is -1.86. The van der Waals surface area contributed by atoms with Crippen LogP contribution in [0.2, 0.25) is 0 Å². The van der Waals surface area contributed by atoms with Crippen molar-refractivity contribution >= 4 is 15.9 Å². The highest BCUT2D eigenvalue weighted by Gasteiger charge is 1.98. The molecule has 0 N–H and O–H groups in total.